The van der Waals surface area contributed by atoms with Crippen LogP contribution in [-0.2, 0) is 22.1 Å². The minimum Gasteiger partial charge on any atom is -0.469 e. The van der Waals surface area contributed by atoms with Crippen molar-refractivity contribution in [1.29, 1.82) is 0 Å². The van der Waals surface area contributed by atoms with Crippen LogP contribution in [-0.4, -0.2) is 22.6 Å². The van der Waals surface area contributed by atoms with Crippen molar-refractivity contribution in [3.05, 3.63) is 94.3 Å². The number of ether oxygens (including phenoxy) is 1. The first-order chi connectivity index (χ1) is 16.3. The maximum absolute atomic E-state index is 14.0. The van der Waals surface area contributed by atoms with Crippen molar-refractivity contribution in [3.63, 3.8) is 0 Å². The van der Waals surface area contributed by atoms with Crippen LogP contribution in [0, 0.1) is 0 Å². The van der Waals surface area contributed by atoms with Gasteiger partial charge in [-0.2, -0.15) is 13.2 Å². The Balaban J connectivity index is 2.03. The number of aromatic nitrogens is 2. The molecule has 0 radical (unpaired) electrons. The molecule has 0 bridgehead atoms. The fraction of sp³-hybridized carbons (Fsp3) is 0.160. The number of nitrogens with zero attached hydrogens (tertiary/aromatic N) is 2. The van der Waals surface area contributed by atoms with Gasteiger partial charge in [0.15, 0.2) is 11.1 Å². The summed E-state index contributed by atoms with van der Waals surface area (Å²) in [4.78, 5) is 29.0. The van der Waals surface area contributed by atoms with Gasteiger partial charge in [0.05, 0.1) is 24.5 Å². The van der Waals surface area contributed by atoms with E-state index in [9.17, 15) is 22.8 Å². The molecule has 4 rings (SSSR count). The predicted octanol–water partition coefficient (Wildman–Crippen LogP) is 5.25. The first kappa shape index (κ1) is 23.0. The SMILES string of the molecule is COC(=O)CCc1cc(C(F)(F)F)c2c(=O)cc(Nc3ccccc3)n(-c3ccccc3)c2n1. The minimum absolute atomic E-state index is 0.0196. The summed E-state index contributed by atoms with van der Waals surface area (Å²) < 4.78 is 48.2. The molecule has 34 heavy (non-hydrogen) atoms. The number of methoxy groups -OCH3 is 1. The molecule has 0 saturated heterocycles. The van der Waals surface area contributed by atoms with Gasteiger partial charge in [0.2, 0.25) is 0 Å². The lowest BCUT2D eigenvalue weighted by Gasteiger charge is -2.20. The van der Waals surface area contributed by atoms with Crippen LogP contribution in [0.2, 0.25) is 0 Å². The van der Waals surface area contributed by atoms with E-state index in [-0.39, 0.29) is 30.0 Å². The zero-order valence-electron chi connectivity index (χ0n) is 18.1. The highest BCUT2D eigenvalue weighted by Gasteiger charge is 2.35. The highest BCUT2D eigenvalue weighted by molar-refractivity contribution is 5.84. The first-order valence-electron chi connectivity index (χ1n) is 10.4. The number of carbonyl (C=O) groups excluding carboxylic acids is 1. The Morgan fingerprint density at radius 3 is 2.29 bits per heavy atom. The van der Waals surface area contributed by atoms with Crippen molar-refractivity contribution in [1.82, 2.24) is 9.55 Å². The van der Waals surface area contributed by atoms with Crippen LogP contribution < -0.4 is 10.7 Å². The second-order valence-corrected chi connectivity index (χ2v) is 7.49. The molecule has 0 aliphatic carbocycles. The van der Waals surface area contributed by atoms with Gasteiger partial charge in [0.1, 0.15) is 5.82 Å². The van der Waals surface area contributed by atoms with E-state index in [0.717, 1.165) is 12.1 Å². The van der Waals surface area contributed by atoms with Gasteiger partial charge in [-0.15, -0.1) is 0 Å². The molecule has 0 atom stereocenters. The first-order valence-corrected chi connectivity index (χ1v) is 10.4. The Morgan fingerprint density at radius 1 is 1.03 bits per heavy atom. The molecule has 174 valence electrons. The van der Waals surface area contributed by atoms with Gasteiger partial charge in [0, 0.05) is 29.6 Å². The van der Waals surface area contributed by atoms with Crippen molar-refractivity contribution in [2.24, 2.45) is 0 Å². The Labute approximate surface area is 192 Å². The molecule has 6 nitrogen and oxygen atoms in total. The maximum Gasteiger partial charge on any atom is 0.417 e. The van der Waals surface area contributed by atoms with Crippen molar-refractivity contribution < 1.29 is 22.7 Å². The van der Waals surface area contributed by atoms with Crippen molar-refractivity contribution in [3.8, 4) is 5.69 Å². The van der Waals surface area contributed by atoms with Crippen LogP contribution in [0.4, 0.5) is 24.7 Å². The van der Waals surface area contributed by atoms with Crippen molar-refractivity contribution in [2.45, 2.75) is 19.0 Å². The fourth-order valence-electron chi connectivity index (χ4n) is 3.65. The molecule has 0 aliphatic rings. The zero-order valence-corrected chi connectivity index (χ0v) is 18.1. The van der Waals surface area contributed by atoms with E-state index in [4.69, 9.17) is 0 Å². The van der Waals surface area contributed by atoms with Gasteiger partial charge < -0.3 is 10.1 Å². The molecule has 0 spiro atoms. The summed E-state index contributed by atoms with van der Waals surface area (Å²) in [6, 6.07) is 19.5. The van der Waals surface area contributed by atoms with Crippen LogP contribution in [0.5, 0.6) is 0 Å². The number of carbonyl (C=O) groups is 1. The second-order valence-electron chi connectivity index (χ2n) is 7.49. The number of aryl methyl sites for hydroxylation is 1. The van der Waals surface area contributed by atoms with E-state index in [2.05, 4.69) is 15.0 Å². The lowest BCUT2D eigenvalue weighted by molar-refractivity contribution is -0.140. The molecule has 2 heterocycles. The third-order valence-electron chi connectivity index (χ3n) is 5.20. The van der Waals surface area contributed by atoms with E-state index < -0.39 is 28.5 Å². The van der Waals surface area contributed by atoms with E-state index in [1.54, 1.807) is 54.6 Å². The Hall–Kier alpha value is -4.14. The number of para-hydroxylation sites is 2. The molecule has 1 N–H and O–H groups in total. The quantitative estimate of drug-likeness (QED) is 0.392. The molecule has 4 aromatic rings. The summed E-state index contributed by atoms with van der Waals surface area (Å²) in [6.45, 7) is 0. The number of hydrogen-bond acceptors (Lipinski definition) is 5. The monoisotopic (exact) mass is 467 g/mol. The fourth-order valence-corrected chi connectivity index (χ4v) is 3.65. The number of anilines is 2. The van der Waals surface area contributed by atoms with Gasteiger partial charge in [-0.25, -0.2) is 4.98 Å². The number of pyridine rings is 2. The Bertz CT molecular complexity index is 1390. The van der Waals surface area contributed by atoms with E-state index in [0.29, 0.717) is 11.4 Å². The predicted molar refractivity (Wildman–Crippen MR) is 122 cm³/mol. The Morgan fingerprint density at radius 2 is 1.68 bits per heavy atom. The lowest BCUT2D eigenvalue weighted by atomic mass is 10.1. The summed E-state index contributed by atoms with van der Waals surface area (Å²) >= 11 is 0. The highest BCUT2D eigenvalue weighted by atomic mass is 19.4. The van der Waals surface area contributed by atoms with Crippen molar-refractivity contribution >= 4 is 28.5 Å². The molecule has 0 fully saturated rings. The Kier molecular flexibility index (Phi) is 6.36. The molecule has 0 amide bonds. The van der Waals surface area contributed by atoms with Gasteiger partial charge in [-0.05, 0) is 30.3 Å². The molecule has 0 unspecified atom stereocenters. The van der Waals surface area contributed by atoms with Crippen LogP contribution in [0.3, 0.4) is 0 Å². The van der Waals surface area contributed by atoms with Gasteiger partial charge >= 0.3 is 12.1 Å². The van der Waals surface area contributed by atoms with Crippen LogP contribution in [0.15, 0.2) is 77.6 Å². The second kappa shape index (κ2) is 9.38. The number of nitrogens with one attached hydrogen (secondary N) is 1. The van der Waals surface area contributed by atoms with Gasteiger partial charge in [-0.3, -0.25) is 14.2 Å². The van der Waals surface area contributed by atoms with Crippen LogP contribution in [0.25, 0.3) is 16.7 Å². The molecule has 0 aliphatic heterocycles. The number of fused-ring (bicyclic) bond motifs is 1. The number of hydrogen-bond donors (Lipinski definition) is 1. The summed E-state index contributed by atoms with van der Waals surface area (Å²) in [5.74, 6) is -0.323. The molecular weight excluding hydrogens is 447 g/mol. The largest absolute Gasteiger partial charge is 0.469 e. The summed E-state index contributed by atoms with van der Waals surface area (Å²) in [7, 11) is 1.20. The topological polar surface area (TPSA) is 73.2 Å². The van der Waals surface area contributed by atoms with Crippen LogP contribution in [0.1, 0.15) is 17.7 Å². The van der Waals surface area contributed by atoms with Gasteiger partial charge in [0.25, 0.3) is 0 Å². The molecule has 2 aromatic carbocycles. The van der Waals surface area contributed by atoms with E-state index in [1.807, 2.05) is 6.07 Å². The summed E-state index contributed by atoms with van der Waals surface area (Å²) in [5, 5.41) is 2.56. The van der Waals surface area contributed by atoms with Gasteiger partial charge in [-0.1, -0.05) is 36.4 Å². The molecular formula is C25H20F3N3O3. The molecule has 2 aromatic heterocycles. The molecule has 0 saturated carbocycles. The average Bonchev–Trinajstić information content (AvgIpc) is 2.82. The third kappa shape index (κ3) is 4.78. The smallest absolute Gasteiger partial charge is 0.417 e. The molecule has 9 heteroatoms. The average molecular weight is 467 g/mol. The van der Waals surface area contributed by atoms with Crippen molar-refractivity contribution in [2.75, 3.05) is 12.4 Å². The normalized spacial score (nSPS) is 11.4. The van der Waals surface area contributed by atoms with E-state index >= 15 is 0 Å². The number of rotatable bonds is 6. The number of halogens is 3. The minimum atomic E-state index is -4.80. The maximum atomic E-state index is 14.0. The standard InChI is InChI=1S/C25H20F3N3O3/c1-34-22(33)13-12-17-14-19(25(26,27)28)23-20(32)15-21(29-16-8-4-2-5-9-16)31(24(23)30-17)18-10-6-3-7-11-18/h2-11,14-15,29H,12-13H2,1H3. The number of benzene rings is 2. The highest BCUT2D eigenvalue weighted by Crippen LogP contribution is 2.35. The summed E-state index contributed by atoms with van der Waals surface area (Å²) in [6.07, 6.45) is -5.03. The summed E-state index contributed by atoms with van der Waals surface area (Å²) in [5.41, 5.74) is -0.906. The van der Waals surface area contributed by atoms with E-state index in [1.165, 1.54) is 11.7 Å². The van der Waals surface area contributed by atoms with Crippen LogP contribution >= 0.6 is 0 Å². The number of alkyl halides is 3. The lowest BCUT2D eigenvalue weighted by Crippen LogP contribution is -2.19. The third-order valence-corrected chi connectivity index (χ3v) is 5.20. The zero-order chi connectivity index (χ0) is 24.3. The number of esters is 1.